The summed E-state index contributed by atoms with van der Waals surface area (Å²) in [5, 5.41) is 0. The number of hydrogen-bond acceptors (Lipinski definition) is 5. The van der Waals surface area contributed by atoms with E-state index in [-0.39, 0.29) is 6.61 Å². The van der Waals surface area contributed by atoms with E-state index in [1.165, 1.54) is 0 Å². The number of rotatable bonds is 6. The van der Waals surface area contributed by atoms with E-state index in [1.54, 1.807) is 20.8 Å². The Bertz CT molecular complexity index is 119. The van der Waals surface area contributed by atoms with Gasteiger partial charge in [0.05, 0.1) is 0 Å². The minimum Gasteiger partial charge on any atom is -0.367 e. The van der Waals surface area contributed by atoms with Crippen LogP contribution in [0, 0.1) is 0 Å². The van der Waals surface area contributed by atoms with Gasteiger partial charge >= 0.3 is 9.05 Å². The molecule has 0 saturated carbocycles. The Morgan fingerprint density at radius 3 is 2.25 bits per heavy atom. The van der Waals surface area contributed by atoms with Crippen molar-refractivity contribution >= 4 is 9.05 Å². The van der Waals surface area contributed by atoms with Crippen LogP contribution >= 0.6 is 0 Å². The molecule has 0 amide bonds. The van der Waals surface area contributed by atoms with Crippen molar-refractivity contribution in [2.45, 2.75) is 27.1 Å². The van der Waals surface area contributed by atoms with E-state index in [0.717, 1.165) is 0 Å². The van der Waals surface area contributed by atoms with Gasteiger partial charge in [0.25, 0.3) is 0 Å². The van der Waals surface area contributed by atoms with Crippen LogP contribution in [0.3, 0.4) is 0 Å². The molecule has 0 radical (unpaired) electrons. The highest BCUT2D eigenvalue weighted by Crippen LogP contribution is 2.03. The first-order chi connectivity index (χ1) is 5.52. The molecular formula is C6H16O5Si. The van der Waals surface area contributed by atoms with Crippen molar-refractivity contribution in [3.8, 4) is 0 Å². The lowest BCUT2D eigenvalue weighted by Crippen LogP contribution is -2.45. The summed E-state index contributed by atoms with van der Waals surface area (Å²) in [7, 11) is -3.93. The largest absolute Gasteiger partial charge is 0.676 e. The predicted octanol–water partition coefficient (Wildman–Crippen LogP) is -0.158. The minimum atomic E-state index is -3.93. The Morgan fingerprint density at radius 2 is 1.83 bits per heavy atom. The topological polar surface area (TPSA) is 68.2 Å². The Hall–Kier alpha value is 0.0169. The fourth-order valence-electron chi connectivity index (χ4n) is 0.707. The molecule has 0 aliphatic heterocycles. The summed E-state index contributed by atoms with van der Waals surface area (Å²) < 4.78 is 14.3. The van der Waals surface area contributed by atoms with Gasteiger partial charge in [-0.05, 0) is 20.8 Å². The van der Waals surface area contributed by atoms with Crippen LogP contribution in [0.4, 0.5) is 0 Å². The van der Waals surface area contributed by atoms with Crippen LogP contribution < -0.4 is 0 Å². The van der Waals surface area contributed by atoms with Crippen molar-refractivity contribution in [2.24, 2.45) is 0 Å². The second kappa shape index (κ2) is 5.63. The zero-order chi connectivity index (χ0) is 9.61. The van der Waals surface area contributed by atoms with E-state index in [1.807, 2.05) is 0 Å². The van der Waals surface area contributed by atoms with Crippen LogP contribution in [0.15, 0.2) is 0 Å². The molecule has 0 rings (SSSR count). The average molecular weight is 196 g/mol. The molecule has 0 fully saturated rings. The monoisotopic (exact) mass is 196 g/mol. The predicted molar refractivity (Wildman–Crippen MR) is 44.0 cm³/mol. The SMILES string of the molecule is CCOC(C)O[Si](O)(O)OCC. The van der Waals surface area contributed by atoms with Crippen LogP contribution in [0.5, 0.6) is 0 Å². The smallest absolute Gasteiger partial charge is 0.367 e. The molecule has 1 unspecified atom stereocenters. The number of hydrogen-bond donors (Lipinski definition) is 2. The highest BCUT2D eigenvalue weighted by atomic mass is 28.4. The third kappa shape index (κ3) is 5.64. The molecule has 0 saturated heterocycles. The first-order valence-corrected chi connectivity index (χ1v) is 5.61. The summed E-state index contributed by atoms with van der Waals surface area (Å²) in [6.45, 7) is 5.69. The lowest BCUT2D eigenvalue weighted by molar-refractivity contribution is -0.121. The van der Waals surface area contributed by atoms with Gasteiger partial charge < -0.3 is 23.2 Å². The van der Waals surface area contributed by atoms with Gasteiger partial charge in [0.1, 0.15) is 0 Å². The Balaban J connectivity index is 3.70. The highest BCUT2D eigenvalue weighted by molar-refractivity contribution is 6.50. The summed E-state index contributed by atoms with van der Waals surface area (Å²) >= 11 is 0. The van der Waals surface area contributed by atoms with Gasteiger partial charge in [0, 0.05) is 13.2 Å². The van der Waals surface area contributed by atoms with Crippen LogP contribution in [-0.4, -0.2) is 38.1 Å². The average Bonchev–Trinajstić information content (AvgIpc) is 1.85. The van der Waals surface area contributed by atoms with Crippen molar-refractivity contribution in [1.29, 1.82) is 0 Å². The van der Waals surface area contributed by atoms with Crippen molar-refractivity contribution < 1.29 is 23.2 Å². The van der Waals surface area contributed by atoms with Crippen molar-refractivity contribution in [2.75, 3.05) is 13.2 Å². The maximum absolute atomic E-state index is 9.08. The van der Waals surface area contributed by atoms with Crippen LogP contribution in [0.2, 0.25) is 0 Å². The highest BCUT2D eigenvalue weighted by Gasteiger charge is 2.38. The second-order valence-corrected chi connectivity index (χ2v) is 3.74. The summed E-state index contributed by atoms with van der Waals surface area (Å²) in [5.41, 5.74) is 0. The molecule has 0 heterocycles. The Morgan fingerprint density at radius 1 is 1.25 bits per heavy atom. The fraction of sp³-hybridized carbons (Fsp3) is 1.00. The molecule has 0 aliphatic carbocycles. The van der Waals surface area contributed by atoms with E-state index < -0.39 is 15.3 Å². The molecule has 0 aromatic carbocycles. The summed E-state index contributed by atoms with van der Waals surface area (Å²) in [6.07, 6.45) is -0.650. The zero-order valence-electron chi connectivity index (χ0n) is 7.61. The van der Waals surface area contributed by atoms with E-state index in [9.17, 15) is 0 Å². The maximum Gasteiger partial charge on any atom is 0.676 e. The minimum absolute atomic E-state index is 0.206. The van der Waals surface area contributed by atoms with Gasteiger partial charge in [0.15, 0.2) is 6.29 Å². The Labute approximate surface area is 73.4 Å². The molecule has 0 aliphatic rings. The Kier molecular flexibility index (Phi) is 5.63. The summed E-state index contributed by atoms with van der Waals surface area (Å²) in [6, 6.07) is 0. The molecule has 0 spiro atoms. The first-order valence-electron chi connectivity index (χ1n) is 3.90. The summed E-state index contributed by atoms with van der Waals surface area (Å²) in [4.78, 5) is 18.2. The summed E-state index contributed by atoms with van der Waals surface area (Å²) in [5.74, 6) is 0. The third-order valence-corrected chi connectivity index (χ3v) is 2.36. The molecule has 0 bridgehead atoms. The first kappa shape index (κ1) is 12.0. The van der Waals surface area contributed by atoms with Crippen LogP contribution in [0.25, 0.3) is 0 Å². The van der Waals surface area contributed by atoms with E-state index in [2.05, 4.69) is 4.43 Å². The lowest BCUT2D eigenvalue weighted by atomic mass is 10.7. The van der Waals surface area contributed by atoms with E-state index in [0.29, 0.717) is 6.61 Å². The molecular weight excluding hydrogens is 180 g/mol. The van der Waals surface area contributed by atoms with Gasteiger partial charge in [-0.25, -0.2) is 0 Å². The van der Waals surface area contributed by atoms with E-state index in [4.69, 9.17) is 18.8 Å². The molecule has 2 N–H and O–H groups in total. The molecule has 0 aromatic heterocycles. The third-order valence-electron chi connectivity index (χ3n) is 1.05. The lowest BCUT2D eigenvalue weighted by Gasteiger charge is -2.20. The van der Waals surface area contributed by atoms with Crippen molar-refractivity contribution in [3.63, 3.8) is 0 Å². The van der Waals surface area contributed by atoms with Gasteiger partial charge in [-0.1, -0.05) is 0 Å². The molecule has 1 atom stereocenters. The van der Waals surface area contributed by atoms with Crippen molar-refractivity contribution in [3.05, 3.63) is 0 Å². The molecule has 6 heteroatoms. The second-order valence-electron chi connectivity index (χ2n) is 2.12. The molecule has 0 aromatic rings. The normalized spacial score (nSPS) is 14.8. The van der Waals surface area contributed by atoms with Gasteiger partial charge in [-0.2, -0.15) is 0 Å². The van der Waals surface area contributed by atoms with Gasteiger partial charge in [-0.15, -0.1) is 0 Å². The van der Waals surface area contributed by atoms with Gasteiger partial charge in [0.2, 0.25) is 0 Å². The fourth-order valence-corrected chi connectivity index (χ4v) is 1.65. The van der Waals surface area contributed by atoms with Crippen molar-refractivity contribution in [1.82, 2.24) is 0 Å². The molecule has 74 valence electrons. The van der Waals surface area contributed by atoms with Crippen LogP contribution in [-0.2, 0) is 13.6 Å². The van der Waals surface area contributed by atoms with E-state index >= 15 is 0 Å². The quantitative estimate of drug-likeness (QED) is 0.456. The number of ether oxygens (including phenoxy) is 1. The van der Waals surface area contributed by atoms with Gasteiger partial charge in [-0.3, -0.25) is 0 Å². The van der Waals surface area contributed by atoms with Crippen LogP contribution in [0.1, 0.15) is 20.8 Å². The molecule has 5 nitrogen and oxygen atoms in total. The maximum atomic E-state index is 9.08. The molecule has 12 heavy (non-hydrogen) atoms. The standard InChI is InChI=1S/C6H16O5Si/c1-4-9-6(3)11-12(7,8)10-5-2/h6-8H,4-5H2,1-3H3. The zero-order valence-corrected chi connectivity index (χ0v) is 8.61.